The normalized spacial score (nSPS) is 18.7. The number of amides is 2. The van der Waals surface area contributed by atoms with E-state index in [9.17, 15) is 14.4 Å². The molecule has 8 heteroatoms. The summed E-state index contributed by atoms with van der Waals surface area (Å²) in [6.45, 7) is 3.34. The smallest absolute Gasteiger partial charge is 0.330 e. The van der Waals surface area contributed by atoms with Crippen molar-refractivity contribution in [2.24, 2.45) is 0 Å². The van der Waals surface area contributed by atoms with E-state index in [2.05, 4.69) is 0 Å². The van der Waals surface area contributed by atoms with Gasteiger partial charge in [0.1, 0.15) is 17.2 Å². The van der Waals surface area contributed by atoms with Gasteiger partial charge in [0.25, 0.3) is 5.91 Å². The quantitative estimate of drug-likeness (QED) is 0.692. The van der Waals surface area contributed by atoms with E-state index < -0.39 is 12.0 Å². The molecule has 0 N–H and O–H groups in total. The van der Waals surface area contributed by atoms with Gasteiger partial charge in [-0.1, -0.05) is 18.2 Å². The van der Waals surface area contributed by atoms with E-state index in [1.54, 1.807) is 17.0 Å². The largest absolute Gasteiger partial charge is 0.466 e. The minimum Gasteiger partial charge on any atom is -0.466 e. The topological polar surface area (TPSA) is 80.1 Å². The molecule has 0 unspecified atom stereocenters. The van der Waals surface area contributed by atoms with Gasteiger partial charge in [-0.05, 0) is 31.2 Å². The zero-order valence-corrected chi connectivity index (χ0v) is 16.6. The molecule has 0 aliphatic carbocycles. The second-order valence-corrected chi connectivity index (χ2v) is 7.34. The summed E-state index contributed by atoms with van der Waals surface area (Å²) in [7, 11) is 0. The van der Waals surface area contributed by atoms with Crippen molar-refractivity contribution in [3.05, 3.63) is 54.5 Å². The molecule has 1 saturated heterocycles. The first-order valence-electron chi connectivity index (χ1n) is 8.99. The van der Waals surface area contributed by atoms with E-state index in [1.165, 1.54) is 29.8 Å². The molecule has 1 aliphatic rings. The fourth-order valence-corrected chi connectivity index (χ4v) is 4.56. The maximum atomic E-state index is 12.6. The fraction of sp³-hybridized carbons (Fsp3) is 0.350. The summed E-state index contributed by atoms with van der Waals surface area (Å²) in [6.07, 6.45) is 1.53. The van der Waals surface area contributed by atoms with Crippen LogP contribution >= 0.6 is 11.8 Å². The molecular weight excluding hydrogens is 380 g/mol. The van der Waals surface area contributed by atoms with Gasteiger partial charge in [0.2, 0.25) is 5.91 Å². The third kappa shape index (κ3) is 4.22. The molecule has 0 radical (unpaired) electrons. The fourth-order valence-electron chi connectivity index (χ4n) is 3.14. The van der Waals surface area contributed by atoms with Crippen molar-refractivity contribution < 1.29 is 23.5 Å². The summed E-state index contributed by atoms with van der Waals surface area (Å²) in [6, 6.07) is 11.9. The first kappa shape index (κ1) is 20.0. The SMILES string of the molecule is CCN(C(=O)COC(=O)[C@H]1CS[C@H](c2ccco2)N1C(C)=O)c1ccccc1. The van der Waals surface area contributed by atoms with Crippen molar-refractivity contribution in [3.8, 4) is 0 Å². The van der Waals surface area contributed by atoms with E-state index in [-0.39, 0.29) is 23.8 Å². The molecule has 1 aromatic carbocycles. The van der Waals surface area contributed by atoms with Crippen molar-refractivity contribution in [2.45, 2.75) is 25.3 Å². The lowest BCUT2D eigenvalue weighted by Crippen LogP contribution is -2.44. The third-order valence-corrected chi connectivity index (χ3v) is 5.73. The third-order valence-electron chi connectivity index (χ3n) is 4.45. The first-order valence-corrected chi connectivity index (χ1v) is 10.0. The monoisotopic (exact) mass is 402 g/mol. The maximum Gasteiger partial charge on any atom is 0.330 e. The van der Waals surface area contributed by atoms with Gasteiger partial charge in [0.05, 0.1) is 6.26 Å². The highest BCUT2D eigenvalue weighted by atomic mass is 32.2. The molecule has 0 bridgehead atoms. The maximum absolute atomic E-state index is 12.6. The van der Waals surface area contributed by atoms with Crippen LogP contribution in [0.1, 0.15) is 25.0 Å². The van der Waals surface area contributed by atoms with Crippen LogP contribution in [0.25, 0.3) is 0 Å². The van der Waals surface area contributed by atoms with Gasteiger partial charge in [-0.3, -0.25) is 9.59 Å². The number of furan rings is 1. The number of hydrogen-bond donors (Lipinski definition) is 0. The van der Waals surface area contributed by atoms with Gasteiger partial charge in [0, 0.05) is 24.9 Å². The number of ether oxygens (including phenoxy) is 1. The zero-order valence-electron chi connectivity index (χ0n) is 15.7. The molecule has 3 rings (SSSR count). The van der Waals surface area contributed by atoms with Crippen LogP contribution in [-0.4, -0.2) is 47.6 Å². The summed E-state index contributed by atoms with van der Waals surface area (Å²) in [5, 5.41) is -0.378. The highest BCUT2D eigenvalue weighted by Crippen LogP contribution is 2.41. The van der Waals surface area contributed by atoms with E-state index in [0.29, 0.717) is 18.1 Å². The summed E-state index contributed by atoms with van der Waals surface area (Å²) in [5.41, 5.74) is 0.741. The zero-order chi connectivity index (χ0) is 20.1. The Balaban J connectivity index is 1.64. The molecule has 1 fully saturated rings. The van der Waals surface area contributed by atoms with Crippen molar-refractivity contribution >= 4 is 35.2 Å². The molecule has 28 heavy (non-hydrogen) atoms. The van der Waals surface area contributed by atoms with Crippen LogP contribution in [-0.2, 0) is 19.1 Å². The van der Waals surface area contributed by atoms with Crippen LogP contribution in [0, 0.1) is 0 Å². The van der Waals surface area contributed by atoms with Crippen LogP contribution < -0.4 is 4.90 Å². The molecule has 2 aromatic rings. The average Bonchev–Trinajstić information content (AvgIpc) is 3.36. The molecule has 7 nitrogen and oxygen atoms in total. The van der Waals surface area contributed by atoms with Gasteiger partial charge in [-0.25, -0.2) is 4.79 Å². The Morgan fingerprint density at radius 1 is 1.21 bits per heavy atom. The summed E-state index contributed by atoms with van der Waals surface area (Å²) >= 11 is 1.43. The average molecular weight is 402 g/mol. The molecule has 1 aromatic heterocycles. The number of benzene rings is 1. The molecule has 0 spiro atoms. The van der Waals surface area contributed by atoms with Crippen molar-refractivity contribution in [1.82, 2.24) is 4.90 Å². The number of anilines is 1. The number of thioether (sulfide) groups is 1. The highest BCUT2D eigenvalue weighted by Gasteiger charge is 2.43. The molecular formula is C20H22N2O5S. The molecule has 1 aliphatic heterocycles. The van der Waals surface area contributed by atoms with Gasteiger partial charge in [-0.2, -0.15) is 0 Å². The number of rotatable bonds is 6. The van der Waals surface area contributed by atoms with Crippen molar-refractivity contribution in [2.75, 3.05) is 23.8 Å². The Labute approximate surface area is 167 Å². The minimum absolute atomic E-state index is 0.251. The van der Waals surface area contributed by atoms with Gasteiger partial charge < -0.3 is 19.0 Å². The number of carbonyl (C=O) groups is 3. The van der Waals surface area contributed by atoms with E-state index in [4.69, 9.17) is 9.15 Å². The van der Waals surface area contributed by atoms with Crippen molar-refractivity contribution in [1.29, 1.82) is 0 Å². The molecule has 2 atom stereocenters. The van der Waals surface area contributed by atoms with Gasteiger partial charge >= 0.3 is 5.97 Å². The number of para-hydroxylation sites is 1. The van der Waals surface area contributed by atoms with Gasteiger partial charge in [-0.15, -0.1) is 11.8 Å². The molecule has 2 amide bonds. The predicted molar refractivity (Wildman–Crippen MR) is 106 cm³/mol. The number of nitrogens with zero attached hydrogens (tertiary/aromatic N) is 2. The Kier molecular flexibility index (Phi) is 6.41. The van der Waals surface area contributed by atoms with E-state index >= 15 is 0 Å². The van der Waals surface area contributed by atoms with Crippen molar-refractivity contribution in [3.63, 3.8) is 0 Å². The lowest BCUT2D eigenvalue weighted by molar-refractivity contribution is -0.155. The van der Waals surface area contributed by atoms with Crippen LogP contribution in [0.2, 0.25) is 0 Å². The Morgan fingerprint density at radius 2 is 1.96 bits per heavy atom. The van der Waals surface area contributed by atoms with E-state index in [0.717, 1.165) is 5.69 Å². The van der Waals surface area contributed by atoms with Crippen LogP contribution in [0.3, 0.4) is 0 Å². The van der Waals surface area contributed by atoms with Crippen LogP contribution in [0.5, 0.6) is 0 Å². The highest BCUT2D eigenvalue weighted by molar-refractivity contribution is 7.99. The summed E-state index contributed by atoms with van der Waals surface area (Å²) < 4.78 is 10.7. The molecule has 2 heterocycles. The Hall–Kier alpha value is -2.74. The van der Waals surface area contributed by atoms with E-state index in [1.807, 2.05) is 37.3 Å². The lowest BCUT2D eigenvalue weighted by Gasteiger charge is -2.26. The Morgan fingerprint density at radius 3 is 2.57 bits per heavy atom. The summed E-state index contributed by atoms with van der Waals surface area (Å²) in [5.74, 6) is -0.167. The van der Waals surface area contributed by atoms with Crippen LogP contribution in [0.4, 0.5) is 5.69 Å². The minimum atomic E-state index is -0.753. The first-order chi connectivity index (χ1) is 13.5. The number of likely N-dealkylation sites (N-methyl/N-ethyl adjacent to an activating group) is 1. The second-order valence-electron chi connectivity index (χ2n) is 6.22. The second kappa shape index (κ2) is 8.97. The summed E-state index contributed by atoms with van der Waals surface area (Å²) in [4.78, 5) is 40.2. The van der Waals surface area contributed by atoms with Crippen LogP contribution in [0.15, 0.2) is 53.1 Å². The lowest BCUT2D eigenvalue weighted by atomic mass is 10.2. The number of esters is 1. The molecule has 0 saturated carbocycles. The molecule has 148 valence electrons. The standard InChI is InChI=1S/C20H22N2O5S/c1-3-21(15-8-5-4-6-9-15)18(24)12-27-20(25)16-13-28-19(22(16)14(2)23)17-10-7-11-26-17/h4-11,16,19H,3,12-13H2,1-2H3/t16-,19-/m1/s1. The predicted octanol–water partition coefficient (Wildman–Crippen LogP) is 2.84. The Bertz CT molecular complexity index is 824. The number of carbonyl (C=O) groups excluding carboxylic acids is 3. The van der Waals surface area contributed by atoms with Gasteiger partial charge in [0.15, 0.2) is 6.61 Å². The number of hydrogen-bond acceptors (Lipinski definition) is 6.